The summed E-state index contributed by atoms with van der Waals surface area (Å²) in [7, 11) is 0. The number of rotatable bonds is 5. The number of nitrogens with zero attached hydrogens (tertiary/aromatic N) is 1. The maximum Gasteiger partial charge on any atom is 0.303 e. The molecule has 0 aliphatic carbocycles. The zero-order valence-electron chi connectivity index (χ0n) is 10.8. The van der Waals surface area contributed by atoms with E-state index in [4.69, 9.17) is 9.84 Å². The number of phenols is 1. The van der Waals surface area contributed by atoms with Crippen molar-refractivity contribution in [2.45, 2.75) is 19.3 Å². The second kappa shape index (κ2) is 6.43. The van der Waals surface area contributed by atoms with E-state index in [0.29, 0.717) is 12.8 Å². The van der Waals surface area contributed by atoms with Gasteiger partial charge in [-0.05, 0) is 36.6 Å². The first-order chi connectivity index (χ1) is 9.16. The SMILES string of the molecule is O=C(O)CCCc1cc(N2CCOCC2)ccc1O. The summed E-state index contributed by atoms with van der Waals surface area (Å²) in [5, 5.41) is 18.4. The van der Waals surface area contributed by atoms with Crippen LogP contribution in [0, 0.1) is 0 Å². The van der Waals surface area contributed by atoms with Crippen molar-refractivity contribution < 1.29 is 19.7 Å². The van der Waals surface area contributed by atoms with Crippen LogP contribution in [0.4, 0.5) is 5.69 Å². The molecule has 1 fully saturated rings. The number of aryl methyl sites for hydroxylation is 1. The zero-order chi connectivity index (χ0) is 13.7. The predicted molar refractivity (Wildman–Crippen MR) is 71.7 cm³/mol. The number of carboxylic acids is 1. The minimum Gasteiger partial charge on any atom is -0.508 e. The number of carbonyl (C=O) groups is 1. The van der Waals surface area contributed by atoms with Gasteiger partial charge in [-0.3, -0.25) is 4.79 Å². The van der Waals surface area contributed by atoms with Crippen LogP contribution in [0.3, 0.4) is 0 Å². The summed E-state index contributed by atoms with van der Waals surface area (Å²) in [5.41, 5.74) is 1.87. The molecule has 0 atom stereocenters. The molecular weight excluding hydrogens is 246 g/mol. The summed E-state index contributed by atoms with van der Waals surface area (Å²) in [5.74, 6) is -0.564. The number of benzene rings is 1. The van der Waals surface area contributed by atoms with E-state index in [1.54, 1.807) is 6.07 Å². The largest absolute Gasteiger partial charge is 0.508 e. The normalized spacial score (nSPS) is 15.5. The number of ether oxygens (including phenoxy) is 1. The molecule has 1 saturated heterocycles. The fourth-order valence-corrected chi connectivity index (χ4v) is 2.22. The third kappa shape index (κ3) is 3.86. The van der Waals surface area contributed by atoms with Gasteiger partial charge in [0.1, 0.15) is 5.75 Å². The smallest absolute Gasteiger partial charge is 0.303 e. The number of anilines is 1. The van der Waals surface area contributed by atoms with Crippen LogP contribution in [0.15, 0.2) is 18.2 Å². The van der Waals surface area contributed by atoms with Gasteiger partial charge in [-0.1, -0.05) is 0 Å². The molecule has 0 radical (unpaired) electrons. The molecule has 19 heavy (non-hydrogen) atoms. The van der Waals surface area contributed by atoms with E-state index in [9.17, 15) is 9.90 Å². The van der Waals surface area contributed by atoms with E-state index in [1.807, 2.05) is 12.1 Å². The van der Waals surface area contributed by atoms with Crippen LogP contribution in [0.2, 0.25) is 0 Å². The van der Waals surface area contributed by atoms with Crippen molar-refractivity contribution in [1.29, 1.82) is 0 Å². The van der Waals surface area contributed by atoms with Crippen LogP contribution in [-0.2, 0) is 16.0 Å². The summed E-state index contributed by atoms with van der Waals surface area (Å²) in [4.78, 5) is 12.7. The van der Waals surface area contributed by atoms with Gasteiger partial charge in [0.15, 0.2) is 0 Å². The predicted octanol–water partition coefficient (Wildman–Crippen LogP) is 1.64. The standard InChI is InChI=1S/C14H19NO4/c16-13-5-4-12(15-6-8-19-9-7-15)10-11(13)2-1-3-14(17)18/h4-5,10,16H,1-3,6-9H2,(H,17,18). The number of hydrogen-bond donors (Lipinski definition) is 2. The summed E-state index contributed by atoms with van der Waals surface area (Å²) in [6.45, 7) is 3.13. The molecule has 0 spiro atoms. The lowest BCUT2D eigenvalue weighted by atomic mass is 10.1. The Morgan fingerprint density at radius 3 is 2.74 bits per heavy atom. The summed E-state index contributed by atoms with van der Waals surface area (Å²) in [6.07, 6.45) is 1.24. The third-order valence-electron chi connectivity index (χ3n) is 3.28. The van der Waals surface area contributed by atoms with Gasteiger partial charge in [0, 0.05) is 25.2 Å². The Kier molecular flexibility index (Phi) is 4.63. The Morgan fingerprint density at radius 1 is 1.32 bits per heavy atom. The number of aromatic hydroxyl groups is 1. The average Bonchev–Trinajstić information content (AvgIpc) is 2.41. The van der Waals surface area contributed by atoms with E-state index in [0.717, 1.165) is 37.6 Å². The lowest BCUT2D eigenvalue weighted by molar-refractivity contribution is -0.137. The Balaban J connectivity index is 2.03. The molecule has 1 aliphatic heterocycles. The molecule has 0 saturated carbocycles. The summed E-state index contributed by atoms with van der Waals surface area (Å²) in [6, 6.07) is 5.52. The molecule has 0 aromatic heterocycles. The fourth-order valence-electron chi connectivity index (χ4n) is 2.22. The first-order valence-electron chi connectivity index (χ1n) is 6.53. The van der Waals surface area contributed by atoms with Gasteiger partial charge < -0.3 is 19.8 Å². The maximum atomic E-state index is 10.5. The van der Waals surface area contributed by atoms with Gasteiger partial charge in [0.05, 0.1) is 13.2 Å². The molecule has 5 heteroatoms. The second-order valence-electron chi connectivity index (χ2n) is 4.66. The van der Waals surface area contributed by atoms with Crippen LogP contribution < -0.4 is 4.90 Å². The second-order valence-corrected chi connectivity index (χ2v) is 4.66. The van der Waals surface area contributed by atoms with Crippen molar-refractivity contribution in [3.05, 3.63) is 23.8 Å². The Morgan fingerprint density at radius 2 is 2.05 bits per heavy atom. The van der Waals surface area contributed by atoms with Gasteiger partial charge >= 0.3 is 5.97 Å². The van der Waals surface area contributed by atoms with Crippen molar-refractivity contribution >= 4 is 11.7 Å². The molecular formula is C14H19NO4. The van der Waals surface area contributed by atoms with Crippen LogP contribution >= 0.6 is 0 Å². The van der Waals surface area contributed by atoms with E-state index in [-0.39, 0.29) is 12.2 Å². The van der Waals surface area contributed by atoms with E-state index in [1.165, 1.54) is 0 Å². The fraction of sp³-hybridized carbons (Fsp3) is 0.500. The average molecular weight is 265 g/mol. The molecule has 1 aromatic carbocycles. The molecule has 5 nitrogen and oxygen atoms in total. The first kappa shape index (κ1) is 13.7. The highest BCUT2D eigenvalue weighted by Crippen LogP contribution is 2.26. The number of carboxylic acid groups (broad SMARTS) is 1. The topological polar surface area (TPSA) is 70.0 Å². The van der Waals surface area contributed by atoms with E-state index in [2.05, 4.69) is 4.90 Å². The molecule has 0 unspecified atom stereocenters. The van der Waals surface area contributed by atoms with Gasteiger partial charge in [-0.15, -0.1) is 0 Å². The molecule has 2 N–H and O–H groups in total. The summed E-state index contributed by atoms with van der Waals surface area (Å²) < 4.78 is 5.31. The van der Waals surface area contributed by atoms with Crippen molar-refractivity contribution in [2.24, 2.45) is 0 Å². The van der Waals surface area contributed by atoms with Crippen LogP contribution in [-0.4, -0.2) is 42.5 Å². The molecule has 1 heterocycles. The molecule has 2 rings (SSSR count). The molecule has 1 aliphatic rings. The molecule has 0 amide bonds. The number of aliphatic carboxylic acids is 1. The van der Waals surface area contributed by atoms with Gasteiger partial charge in [0.25, 0.3) is 0 Å². The highest BCUT2D eigenvalue weighted by atomic mass is 16.5. The van der Waals surface area contributed by atoms with Gasteiger partial charge in [0.2, 0.25) is 0 Å². The third-order valence-corrected chi connectivity index (χ3v) is 3.28. The van der Waals surface area contributed by atoms with Gasteiger partial charge in [-0.25, -0.2) is 0 Å². The van der Waals surface area contributed by atoms with Crippen LogP contribution in [0.1, 0.15) is 18.4 Å². The lowest BCUT2D eigenvalue weighted by Crippen LogP contribution is -2.36. The minimum absolute atomic E-state index is 0.126. The molecule has 1 aromatic rings. The van der Waals surface area contributed by atoms with Crippen LogP contribution in [0.5, 0.6) is 5.75 Å². The maximum absolute atomic E-state index is 10.5. The van der Waals surface area contributed by atoms with Crippen molar-refractivity contribution in [3.63, 3.8) is 0 Å². The Hall–Kier alpha value is -1.75. The number of hydrogen-bond acceptors (Lipinski definition) is 4. The van der Waals surface area contributed by atoms with E-state index < -0.39 is 5.97 Å². The highest BCUT2D eigenvalue weighted by Gasteiger charge is 2.13. The number of morpholine rings is 1. The van der Waals surface area contributed by atoms with Gasteiger partial charge in [-0.2, -0.15) is 0 Å². The number of phenolic OH excluding ortho intramolecular Hbond substituents is 1. The molecule has 104 valence electrons. The lowest BCUT2D eigenvalue weighted by Gasteiger charge is -2.29. The van der Waals surface area contributed by atoms with Crippen LogP contribution in [0.25, 0.3) is 0 Å². The highest BCUT2D eigenvalue weighted by molar-refractivity contribution is 5.66. The monoisotopic (exact) mass is 265 g/mol. The van der Waals surface area contributed by atoms with Crippen molar-refractivity contribution in [3.8, 4) is 5.75 Å². The summed E-state index contributed by atoms with van der Waals surface area (Å²) >= 11 is 0. The first-order valence-corrected chi connectivity index (χ1v) is 6.53. The Labute approximate surface area is 112 Å². The zero-order valence-corrected chi connectivity index (χ0v) is 10.8. The Bertz CT molecular complexity index is 441. The quantitative estimate of drug-likeness (QED) is 0.847. The minimum atomic E-state index is -0.802. The molecule has 0 bridgehead atoms. The van der Waals surface area contributed by atoms with Crippen molar-refractivity contribution in [2.75, 3.05) is 31.2 Å². The van der Waals surface area contributed by atoms with Crippen molar-refractivity contribution in [1.82, 2.24) is 0 Å². The van der Waals surface area contributed by atoms with E-state index >= 15 is 0 Å².